The van der Waals surface area contributed by atoms with Crippen molar-refractivity contribution >= 4 is 17.5 Å². The first-order chi connectivity index (χ1) is 7.20. The van der Waals surface area contributed by atoms with Crippen molar-refractivity contribution in [2.24, 2.45) is 5.92 Å². The fraction of sp³-hybridized carbons (Fsp3) is 0.417. The summed E-state index contributed by atoms with van der Waals surface area (Å²) >= 11 is 1.77. The molecule has 1 aliphatic heterocycles. The smallest absolute Gasteiger partial charge is 0.169 e. The highest BCUT2D eigenvalue weighted by atomic mass is 32.2. The molecule has 15 heavy (non-hydrogen) atoms. The van der Waals surface area contributed by atoms with Crippen LogP contribution in [0.25, 0.3) is 0 Å². The lowest BCUT2D eigenvalue weighted by Gasteiger charge is -2.09. The summed E-state index contributed by atoms with van der Waals surface area (Å²) < 4.78 is 13.7. The average molecular weight is 224 g/mol. The van der Waals surface area contributed by atoms with Gasteiger partial charge in [-0.3, -0.25) is 4.79 Å². The molecule has 2 rings (SSSR count). The molecule has 0 spiro atoms. The maximum absolute atomic E-state index is 13.7. The molecule has 0 aliphatic carbocycles. The summed E-state index contributed by atoms with van der Waals surface area (Å²) in [6.07, 6.45) is 0.886. The van der Waals surface area contributed by atoms with Gasteiger partial charge in [-0.1, -0.05) is 12.1 Å². The highest BCUT2D eigenvalue weighted by molar-refractivity contribution is 7.99. The van der Waals surface area contributed by atoms with Crippen molar-refractivity contribution < 1.29 is 9.18 Å². The van der Waals surface area contributed by atoms with Crippen molar-refractivity contribution in [1.82, 2.24) is 0 Å². The van der Waals surface area contributed by atoms with Crippen LogP contribution in [0.15, 0.2) is 18.2 Å². The van der Waals surface area contributed by atoms with Gasteiger partial charge in [0.25, 0.3) is 0 Å². The lowest BCUT2D eigenvalue weighted by molar-refractivity contribution is 0.0929. The molecule has 1 atom stereocenters. The number of benzene rings is 1. The molecule has 0 bridgehead atoms. The Labute approximate surface area is 93.1 Å². The number of carbonyl (C=O) groups is 1. The fourth-order valence-corrected chi connectivity index (χ4v) is 3.02. The van der Waals surface area contributed by atoms with Crippen molar-refractivity contribution in [3.05, 3.63) is 35.1 Å². The van der Waals surface area contributed by atoms with Gasteiger partial charge in [0.05, 0.1) is 5.56 Å². The summed E-state index contributed by atoms with van der Waals surface area (Å²) in [4.78, 5) is 12.0. The molecule has 1 aliphatic rings. The Morgan fingerprint density at radius 3 is 3.00 bits per heavy atom. The normalized spacial score (nSPS) is 20.5. The molecular weight excluding hydrogens is 211 g/mol. The second kappa shape index (κ2) is 4.35. The number of carbonyl (C=O) groups excluding carboxylic acids is 1. The topological polar surface area (TPSA) is 17.1 Å². The maximum Gasteiger partial charge on any atom is 0.169 e. The van der Waals surface area contributed by atoms with Gasteiger partial charge in [0, 0.05) is 11.7 Å². The number of aryl methyl sites for hydroxylation is 1. The number of halogens is 1. The molecule has 1 heterocycles. The number of ketones is 1. The van der Waals surface area contributed by atoms with E-state index >= 15 is 0 Å². The van der Waals surface area contributed by atoms with Gasteiger partial charge in [-0.25, -0.2) is 4.39 Å². The van der Waals surface area contributed by atoms with Gasteiger partial charge < -0.3 is 0 Å². The Balaban J connectivity index is 2.28. The van der Waals surface area contributed by atoms with Crippen molar-refractivity contribution in [2.45, 2.75) is 13.3 Å². The van der Waals surface area contributed by atoms with Crippen LogP contribution in [0.2, 0.25) is 0 Å². The summed E-state index contributed by atoms with van der Waals surface area (Å²) in [6.45, 7) is 1.69. The minimum Gasteiger partial charge on any atom is -0.294 e. The molecule has 0 radical (unpaired) electrons. The van der Waals surface area contributed by atoms with Crippen LogP contribution in [0.4, 0.5) is 4.39 Å². The molecule has 1 aromatic rings. The summed E-state index contributed by atoms with van der Waals surface area (Å²) in [6, 6.07) is 5.02. The third-order valence-electron chi connectivity index (χ3n) is 2.76. The van der Waals surface area contributed by atoms with Crippen molar-refractivity contribution in [3.63, 3.8) is 0 Å². The first kappa shape index (κ1) is 10.7. The molecule has 1 nitrogen and oxygen atoms in total. The van der Waals surface area contributed by atoms with E-state index in [0.29, 0.717) is 5.56 Å². The van der Waals surface area contributed by atoms with E-state index < -0.39 is 0 Å². The molecule has 0 amide bonds. The van der Waals surface area contributed by atoms with Gasteiger partial charge in [-0.15, -0.1) is 0 Å². The largest absolute Gasteiger partial charge is 0.294 e. The highest BCUT2D eigenvalue weighted by Crippen LogP contribution is 2.27. The number of thioether (sulfide) groups is 1. The SMILES string of the molecule is Cc1cccc(C(=O)C2CCSC2)c1F. The Morgan fingerprint density at radius 1 is 1.53 bits per heavy atom. The van der Waals surface area contributed by atoms with Crippen LogP contribution in [0.5, 0.6) is 0 Å². The molecule has 1 aromatic carbocycles. The molecule has 3 heteroatoms. The predicted molar refractivity (Wildman–Crippen MR) is 60.9 cm³/mol. The van der Waals surface area contributed by atoms with Gasteiger partial charge in [0.2, 0.25) is 0 Å². The number of Topliss-reactive ketones (excluding diaryl/α,β-unsaturated/α-hetero) is 1. The third kappa shape index (κ3) is 2.07. The highest BCUT2D eigenvalue weighted by Gasteiger charge is 2.26. The van der Waals surface area contributed by atoms with Gasteiger partial charge >= 0.3 is 0 Å². The van der Waals surface area contributed by atoms with Crippen LogP contribution in [0.3, 0.4) is 0 Å². The minimum absolute atomic E-state index is 0.0197. The van der Waals surface area contributed by atoms with E-state index in [1.54, 1.807) is 36.9 Å². The Bertz CT molecular complexity index is 383. The van der Waals surface area contributed by atoms with Gasteiger partial charge in [-0.05, 0) is 30.7 Å². The minimum atomic E-state index is -0.348. The average Bonchev–Trinajstić information content (AvgIpc) is 2.74. The van der Waals surface area contributed by atoms with Crippen molar-refractivity contribution in [3.8, 4) is 0 Å². The monoisotopic (exact) mass is 224 g/mol. The van der Waals surface area contributed by atoms with Crippen molar-refractivity contribution in [2.75, 3.05) is 11.5 Å². The van der Waals surface area contributed by atoms with Crippen molar-refractivity contribution in [1.29, 1.82) is 0 Å². The molecule has 0 saturated carbocycles. The van der Waals surface area contributed by atoms with Gasteiger partial charge in [0.15, 0.2) is 5.78 Å². The summed E-state index contributed by atoms with van der Waals surface area (Å²) in [7, 11) is 0. The Kier molecular flexibility index (Phi) is 3.10. The zero-order valence-electron chi connectivity index (χ0n) is 8.63. The molecule has 1 unspecified atom stereocenters. The van der Waals surface area contributed by atoms with Crippen LogP contribution < -0.4 is 0 Å². The third-order valence-corrected chi connectivity index (χ3v) is 3.92. The molecule has 1 saturated heterocycles. The van der Waals surface area contributed by atoms with E-state index in [9.17, 15) is 9.18 Å². The zero-order chi connectivity index (χ0) is 10.8. The van der Waals surface area contributed by atoms with Crippen LogP contribution in [0.1, 0.15) is 22.3 Å². The lowest BCUT2D eigenvalue weighted by atomic mass is 9.95. The van der Waals surface area contributed by atoms with E-state index in [-0.39, 0.29) is 23.1 Å². The molecular formula is C12H13FOS. The summed E-state index contributed by atoms with van der Waals surface area (Å²) in [5, 5.41) is 0. The second-order valence-corrected chi connectivity index (χ2v) is 5.01. The van der Waals surface area contributed by atoms with Crippen LogP contribution in [-0.2, 0) is 0 Å². The Hall–Kier alpha value is -0.830. The van der Waals surface area contributed by atoms with E-state index in [4.69, 9.17) is 0 Å². The fourth-order valence-electron chi connectivity index (χ4n) is 1.80. The summed E-state index contributed by atoms with van der Waals surface area (Å²) in [5.74, 6) is 1.50. The van der Waals surface area contributed by atoms with E-state index in [1.807, 2.05) is 0 Å². The predicted octanol–water partition coefficient (Wildman–Crippen LogP) is 3.07. The zero-order valence-corrected chi connectivity index (χ0v) is 9.44. The number of hydrogen-bond donors (Lipinski definition) is 0. The quantitative estimate of drug-likeness (QED) is 0.718. The number of rotatable bonds is 2. The van der Waals surface area contributed by atoms with Gasteiger partial charge in [-0.2, -0.15) is 11.8 Å². The van der Waals surface area contributed by atoms with E-state index in [0.717, 1.165) is 17.9 Å². The molecule has 0 N–H and O–H groups in total. The first-order valence-electron chi connectivity index (χ1n) is 5.07. The van der Waals surface area contributed by atoms with E-state index in [1.165, 1.54) is 0 Å². The second-order valence-electron chi connectivity index (χ2n) is 3.86. The molecule has 80 valence electrons. The Morgan fingerprint density at radius 2 is 2.33 bits per heavy atom. The van der Waals surface area contributed by atoms with E-state index in [2.05, 4.69) is 0 Å². The van der Waals surface area contributed by atoms with Crippen LogP contribution in [0, 0.1) is 18.7 Å². The standard InChI is InChI=1S/C12H13FOS/c1-8-3-2-4-10(11(8)13)12(14)9-5-6-15-7-9/h2-4,9H,5-7H2,1H3. The maximum atomic E-state index is 13.7. The lowest BCUT2D eigenvalue weighted by Crippen LogP contribution is -2.15. The number of hydrogen-bond acceptors (Lipinski definition) is 2. The molecule has 1 fully saturated rings. The van der Waals surface area contributed by atoms with Crippen LogP contribution >= 0.6 is 11.8 Å². The molecule has 0 aromatic heterocycles. The first-order valence-corrected chi connectivity index (χ1v) is 6.22. The van der Waals surface area contributed by atoms with Gasteiger partial charge in [0.1, 0.15) is 5.82 Å². The van der Waals surface area contributed by atoms with Crippen LogP contribution in [-0.4, -0.2) is 17.3 Å². The summed E-state index contributed by atoms with van der Waals surface area (Å²) in [5.41, 5.74) is 0.814.